The zero-order valence-electron chi connectivity index (χ0n) is 11.8. The van der Waals surface area contributed by atoms with Crippen LogP contribution in [0.2, 0.25) is 0 Å². The topological polar surface area (TPSA) is 67.9 Å². The van der Waals surface area contributed by atoms with Gasteiger partial charge in [-0.15, -0.1) is 0 Å². The summed E-state index contributed by atoms with van der Waals surface area (Å²) in [6.07, 6.45) is 0. The maximum absolute atomic E-state index is 12.0. The molecule has 1 aliphatic rings. The lowest BCUT2D eigenvalue weighted by Gasteiger charge is -2.31. The maximum atomic E-state index is 12.0. The van der Waals surface area contributed by atoms with E-state index in [4.69, 9.17) is 9.47 Å². The maximum Gasteiger partial charge on any atom is 0.245 e. The first-order valence-corrected chi connectivity index (χ1v) is 6.34. The Bertz CT molecular complexity index is 530. The van der Waals surface area contributed by atoms with Crippen LogP contribution in [0.4, 0.5) is 0 Å². The molecule has 0 spiro atoms. The average Bonchev–Trinajstić information content (AvgIpc) is 2.44. The van der Waals surface area contributed by atoms with E-state index < -0.39 is 6.04 Å². The first-order valence-electron chi connectivity index (χ1n) is 6.34. The summed E-state index contributed by atoms with van der Waals surface area (Å²) in [5.74, 6) is 1.07. The minimum absolute atomic E-state index is 0.0678. The van der Waals surface area contributed by atoms with E-state index in [2.05, 4.69) is 5.32 Å². The van der Waals surface area contributed by atoms with Crippen molar-refractivity contribution in [1.82, 2.24) is 10.2 Å². The molecule has 0 aliphatic carbocycles. The second-order valence-corrected chi connectivity index (χ2v) is 4.66. The van der Waals surface area contributed by atoms with Crippen LogP contribution in [0.15, 0.2) is 18.2 Å². The summed E-state index contributed by atoms with van der Waals surface area (Å²) in [7, 11) is 3.14. The quantitative estimate of drug-likeness (QED) is 0.873. The van der Waals surface area contributed by atoms with Crippen LogP contribution < -0.4 is 14.8 Å². The summed E-state index contributed by atoms with van der Waals surface area (Å²) in [6.45, 7) is 2.08. The lowest BCUT2D eigenvalue weighted by molar-refractivity contribution is -0.144. The van der Waals surface area contributed by atoms with E-state index in [1.807, 2.05) is 6.07 Å². The number of rotatable bonds is 4. The predicted octanol–water partition coefficient (Wildman–Crippen LogP) is 0.551. The molecule has 0 saturated carbocycles. The van der Waals surface area contributed by atoms with Gasteiger partial charge in [-0.3, -0.25) is 9.59 Å². The summed E-state index contributed by atoms with van der Waals surface area (Å²) in [6, 6.07) is 4.91. The van der Waals surface area contributed by atoms with Crippen molar-refractivity contribution in [1.29, 1.82) is 0 Å². The van der Waals surface area contributed by atoms with Crippen LogP contribution in [0.3, 0.4) is 0 Å². The van der Waals surface area contributed by atoms with Gasteiger partial charge < -0.3 is 19.7 Å². The first-order chi connectivity index (χ1) is 9.55. The van der Waals surface area contributed by atoms with E-state index in [-0.39, 0.29) is 18.4 Å². The van der Waals surface area contributed by atoms with E-state index in [0.717, 1.165) is 5.56 Å². The molecule has 2 rings (SSSR count). The normalized spacial score (nSPS) is 18.8. The van der Waals surface area contributed by atoms with Crippen molar-refractivity contribution in [2.75, 3.05) is 20.8 Å². The molecular formula is C14H18N2O4. The molecule has 6 nitrogen and oxygen atoms in total. The number of methoxy groups -OCH3 is 2. The molecule has 2 amide bonds. The molecule has 1 aromatic rings. The number of carbonyl (C=O) groups is 2. The number of carbonyl (C=O) groups excluding carboxylic acids is 2. The fourth-order valence-corrected chi connectivity index (χ4v) is 2.20. The molecule has 1 heterocycles. The highest BCUT2D eigenvalue weighted by Crippen LogP contribution is 2.26. The lowest BCUT2D eigenvalue weighted by atomic mass is 10.1. The largest absolute Gasteiger partial charge is 0.497 e. The van der Waals surface area contributed by atoms with Gasteiger partial charge >= 0.3 is 0 Å². The third-order valence-electron chi connectivity index (χ3n) is 3.25. The fraction of sp³-hybridized carbons (Fsp3) is 0.429. The molecule has 1 atom stereocenters. The van der Waals surface area contributed by atoms with E-state index in [1.54, 1.807) is 33.3 Å². The van der Waals surface area contributed by atoms with Crippen LogP contribution in [0.5, 0.6) is 11.5 Å². The Hall–Kier alpha value is -2.24. The van der Waals surface area contributed by atoms with Gasteiger partial charge in [0.05, 0.1) is 20.8 Å². The molecule has 0 aromatic heterocycles. The molecular weight excluding hydrogens is 260 g/mol. The standard InChI is InChI=1S/C14H18N2O4/c1-9-14(18)16(8-13(17)15-9)7-10-4-5-11(19-2)6-12(10)20-3/h4-6,9H,7-8H2,1-3H3,(H,15,17). The Morgan fingerprint density at radius 2 is 2.05 bits per heavy atom. The molecule has 108 valence electrons. The first kappa shape index (κ1) is 14.2. The molecule has 0 radical (unpaired) electrons. The highest BCUT2D eigenvalue weighted by Gasteiger charge is 2.29. The van der Waals surface area contributed by atoms with Crippen molar-refractivity contribution in [3.05, 3.63) is 23.8 Å². The number of piperazine rings is 1. The minimum Gasteiger partial charge on any atom is -0.497 e. The predicted molar refractivity (Wildman–Crippen MR) is 72.6 cm³/mol. The zero-order chi connectivity index (χ0) is 14.7. The summed E-state index contributed by atoms with van der Waals surface area (Å²) in [5.41, 5.74) is 0.837. The van der Waals surface area contributed by atoms with Gasteiger partial charge in [-0.2, -0.15) is 0 Å². The Balaban J connectivity index is 2.20. The molecule has 1 aliphatic heterocycles. The van der Waals surface area contributed by atoms with Crippen molar-refractivity contribution in [3.8, 4) is 11.5 Å². The number of nitrogens with zero attached hydrogens (tertiary/aromatic N) is 1. The van der Waals surface area contributed by atoms with Crippen LogP contribution in [0.25, 0.3) is 0 Å². The SMILES string of the molecule is COc1ccc(CN2CC(=O)NC(C)C2=O)c(OC)c1. The number of hydrogen-bond acceptors (Lipinski definition) is 4. The third-order valence-corrected chi connectivity index (χ3v) is 3.25. The van der Waals surface area contributed by atoms with Gasteiger partial charge in [0, 0.05) is 18.2 Å². The minimum atomic E-state index is -0.486. The van der Waals surface area contributed by atoms with Gasteiger partial charge in [0.2, 0.25) is 11.8 Å². The Morgan fingerprint density at radius 3 is 2.70 bits per heavy atom. The van der Waals surface area contributed by atoms with Crippen molar-refractivity contribution >= 4 is 11.8 Å². The van der Waals surface area contributed by atoms with Crippen LogP contribution in [0.1, 0.15) is 12.5 Å². The summed E-state index contributed by atoms with van der Waals surface area (Å²) in [5, 5.41) is 2.61. The molecule has 1 aromatic carbocycles. The summed E-state index contributed by atoms with van der Waals surface area (Å²) >= 11 is 0. The van der Waals surface area contributed by atoms with Crippen molar-refractivity contribution < 1.29 is 19.1 Å². The van der Waals surface area contributed by atoms with Crippen LogP contribution in [0, 0.1) is 0 Å². The molecule has 20 heavy (non-hydrogen) atoms. The van der Waals surface area contributed by atoms with Gasteiger partial charge in [-0.1, -0.05) is 0 Å². The molecule has 1 fully saturated rings. The number of ether oxygens (including phenoxy) is 2. The Kier molecular flexibility index (Phi) is 4.12. The van der Waals surface area contributed by atoms with Gasteiger partial charge in [0.15, 0.2) is 0 Å². The van der Waals surface area contributed by atoms with Crippen molar-refractivity contribution in [3.63, 3.8) is 0 Å². The smallest absolute Gasteiger partial charge is 0.245 e. The highest BCUT2D eigenvalue weighted by atomic mass is 16.5. The Morgan fingerprint density at radius 1 is 1.30 bits per heavy atom. The van der Waals surface area contributed by atoms with Crippen LogP contribution in [-0.4, -0.2) is 43.5 Å². The molecule has 6 heteroatoms. The molecule has 1 N–H and O–H groups in total. The molecule has 0 bridgehead atoms. The second kappa shape index (κ2) is 5.81. The van der Waals surface area contributed by atoms with E-state index in [9.17, 15) is 9.59 Å². The second-order valence-electron chi connectivity index (χ2n) is 4.66. The van der Waals surface area contributed by atoms with Crippen LogP contribution >= 0.6 is 0 Å². The van der Waals surface area contributed by atoms with E-state index in [1.165, 1.54) is 4.90 Å². The average molecular weight is 278 g/mol. The van der Waals surface area contributed by atoms with Crippen molar-refractivity contribution in [2.24, 2.45) is 0 Å². The van der Waals surface area contributed by atoms with Gasteiger partial charge in [-0.05, 0) is 19.1 Å². The number of amides is 2. The zero-order valence-corrected chi connectivity index (χ0v) is 11.8. The number of benzene rings is 1. The number of nitrogens with one attached hydrogen (secondary N) is 1. The number of hydrogen-bond donors (Lipinski definition) is 1. The summed E-state index contributed by atoms with van der Waals surface area (Å²) < 4.78 is 10.4. The Labute approximate surface area is 117 Å². The van der Waals surface area contributed by atoms with E-state index >= 15 is 0 Å². The van der Waals surface area contributed by atoms with E-state index in [0.29, 0.717) is 18.0 Å². The molecule has 1 unspecified atom stereocenters. The summed E-state index contributed by atoms with van der Waals surface area (Å²) in [4.78, 5) is 25.1. The van der Waals surface area contributed by atoms with Crippen LogP contribution in [-0.2, 0) is 16.1 Å². The van der Waals surface area contributed by atoms with Gasteiger partial charge in [0.25, 0.3) is 0 Å². The fourth-order valence-electron chi connectivity index (χ4n) is 2.20. The van der Waals surface area contributed by atoms with Crippen molar-refractivity contribution in [2.45, 2.75) is 19.5 Å². The third kappa shape index (κ3) is 2.84. The lowest BCUT2D eigenvalue weighted by Crippen LogP contribution is -2.56. The molecule has 1 saturated heterocycles. The monoisotopic (exact) mass is 278 g/mol. The highest BCUT2D eigenvalue weighted by molar-refractivity contribution is 5.94. The van der Waals surface area contributed by atoms with Gasteiger partial charge in [-0.25, -0.2) is 0 Å². The van der Waals surface area contributed by atoms with Gasteiger partial charge in [0.1, 0.15) is 17.5 Å².